The fourth-order valence-corrected chi connectivity index (χ4v) is 1.63. The Kier molecular flexibility index (Phi) is 5.61. The van der Waals surface area contributed by atoms with Gasteiger partial charge >= 0.3 is 0 Å². The summed E-state index contributed by atoms with van der Waals surface area (Å²) in [6.45, 7) is 1.92. The van der Waals surface area contributed by atoms with Gasteiger partial charge in [-0.15, -0.1) is 0 Å². The first-order valence-corrected chi connectivity index (χ1v) is 5.99. The van der Waals surface area contributed by atoms with E-state index in [1.165, 1.54) is 18.2 Å². The van der Waals surface area contributed by atoms with Crippen molar-refractivity contribution in [1.29, 1.82) is 10.5 Å². The zero-order chi connectivity index (χ0) is 15.8. The molecule has 5 nitrogen and oxygen atoms in total. The van der Waals surface area contributed by atoms with Crippen LogP contribution in [0.2, 0.25) is 0 Å². The van der Waals surface area contributed by atoms with Gasteiger partial charge in [0.05, 0.1) is 18.2 Å². The minimum atomic E-state index is -0.356. The summed E-state index contributed by atoms with van der Waals surface area (Å²) in [6, 6.07) is 13.5. The molecule has 2 rings (SSSR count). The topological polar surface area (TPSA) is 97.3 Å². The number of para-hydroxylation sites is 2. The molecule has 0 bridgehead atoms. The summed E-state index contributed by atoms with van der Waals surface area (Å²) in [6.07, 6.45) is 0. The average molecular weight is 282 g/mol. The highest BCUT2D eigenvalue weighted by Crippen LogP contribution is 2.26. The second-order valence-corrected chi connectivity index (χ2v) is 4.05. The van der Waals surface area contributed by atoms with E-state index in [1.807, 2.05) is 19.1 Å². The van der Waals surface area contributed by atoms with Crippen LogP contribution in [-0.2, 0) is 0 Å². The van der Waals surface area contributed by atoms with Gasteiger partial charge in [0, 0.05) is 0 Å². The van der Waals surface area contributed by atoms with Crippen LogP contribution in [0.15, 0.2) is 36.4 Å². The van der Waals surface area contributed by atoms with Gasteiger partial charge in [-0.2, -0.15) is 10.5 Å². The number of nitrogens with zero attached hydrogens (tertiary/aromatic N) is 2. The normalized spacial score (nSPS) is 8.76. The van der Waals surface area contributed by atoms with Crippen molar-refractivity contribution < 1.29 is 14.9 Å². The zero-order valence-electron chi connectivity index (χ0n) is 11.7. The SMILES string of the molecule is COc1c(C)cccc1C#N.N#Cc1cccc(O)c1O. The van der Waals surface area contributed by atoms with Crippen molar-refractivity contribution in [3.63, 3.8) is 0 Å². The van der Waals surface area contributed by atoms with Crippen molar-refractivity contribution in [2.24, 2.45) is 0 Å². The molecule has 21 heavy (non-hydrogen) atoms. The molecule has 2 aromatic carbocycles. The number of benzene rings is 2. The van der Waals surface area contributed by atoms with Crippen LogP contribution in [0.1, 0.15) is 16.7 Å². The van der Waals surface area contributed by atoms with Crippen molar-refractivity contribution in [3.8, 4) is 29.4 Å². The number of aryl methyl sites for hydroxylation is 1. The van der Waals surface area contributed by atoms with Crippen molar-refractivity contribution >= 4 is 0 Å². The predicted molar refractivity (Wildman–Crippen MR) is 76.9 cm³/mol. The zero-order valence-corrected chi connectivity index (χ0v) is 11.7. The van der Waals surface area contributed by atoms with Crippen LogP contribution in [0.25, 0.3) is 0 Å². The Morgan fingerprint density at radius 2 is 1.52 bits per heavy atom. The van der Waals surface area contributed by atoms with Crippen molar-refractivity contribution in [2.45, 2.75) is 6.92 Å². The van der Waals surface area contributed by atoms with E-state index in [0.717, 1.165) is 5.56 Å². The maximum atomic E-state index is 8.93. The molecule has 0 aliphatic rings. The van der Waals surface area contributed by atoms with Gasteiger partial charge in [-0.3, -0.25) is 0 Å². The lowest BCUT2D eigenvalue weighted by Crippen LogP contribution is -1.90. The molecule has 0 heterocycles. The quantitative estimate of drug-likeness (QED) is 0.784. The first-order valence-electron chi connectivity index (χ1n) is 5.99. The third-order valence-corrected chi connectivity index (χ3v) is 2.67. The monoisotopic (exact) mass is 282 g/mol. The smallest absolute Gasteiger partial charge is 0.175 e. The van der Waals surface area contributed by atoms with Crippen LogP contribution < -0.4 is 4.74 Å². The number of ether oxygens (including phenoxy) is 1. The van der Waals surface area contributed by atoms with Crippen LogP contribution >= 0.6 is 0 Å². The molecule has 0 amide bonds. The maximum Gasteiger partial charge on any atom is 0.175 e. The highest BCUT2D eigenvalue weighted by atomic mass is 16.5. The Labute approximate surface area is 122 Å². The average Bonchev–Trinajstić information content (AvgIpc) is 2.50. The highest BCUT2D eigenvalue weighted by Gasteiger charge is 2.03. The molecule has 0 saturated carbocycles. The molecule has 0 unspecified atom stereocenters. The van der Waals surface area contributed by atoms with Gasteiger partial charge in [0.1, 0.15) is 17.9 Å². The minimum Gasteiger partial charge on any atom is -0.504 e. The Morgan fingerprint density at radius 3 is 2.00 bits per heavy atom. The molecule has 0 fully saturated rings. The number of nitriles is 2. The Morgan fingerprint density at radius 1 is 0.952 bits per heavy atom. The third-order valence-electron chi connectivity index (χ3n) is 2.67. The van der Waals surface area contributed by atoms with Crippen molar-refractivity contribution in [2.75, 3.05) is 7.11 Å². The van der Waals surface area contributed by atoms with Gasteiger partial charge in [-0.25, -0.2) is 0 Å². The molecule has 0 aromatic heterocycles. The lowest BCUT2D eigenvalue weighted by atomic mass is 10.1. The molecule has 0 spiro atoms. The van der Waals surface area contributed by atoms with E-state index in [9.17, 15) is 0 Å². The van der Waals surface area contributed by atoms with Crippen LogP contribution in [0, 0.1) is 29.6 Å². The molecule has 0 atom stereocenters. The predicted octanol–water partition coefficient (Wildman–Crippen LogP) is 2.84. The molecule has 0 radical (unpaired) electrons. The summed E-state index contributed by atoms with van der Waals surface area (Å²) >= 11 is 0. The van der Waals surface area contributed by atoms with Gasteiger partial charge in [-0.1, -0.05) is 18.2 Å². The summed E-state index contributed by atoms with van der Waals surface area (Å²) in [5, 5.41) is 34.7. The molecule has 2 aromatic rings. The first-order chi connectivity index (χ1) is 10.0. The number of phenols is 2. The number of phenolic OH excluding ortho intramolecular Hbond substituents is 2. The van der Waals surface area contributed by atoms with Crippen LogP contribution in [-0.4, -0.2) is 17.3 Å². The number of hydrogen-bond acceptors (Lipinski definition) is 5. The molecule has 0 aliphatic heterocycles. The number of methoxy groups -OCH3 is 1. The molecular weight excluding hydrogens is 268 g/mol. The summed E-state index contributed by atoms with van der Waals surface area (Å²) in [4.78, 5) is 0. The number of aromatic hydroxyl groups is 2. The van der Waals surface area contributed by atoms with Gasteiger partial charge in [-0.05, 0) is 30.7 Å². The Bertz CT molecular complexity index is 712. The summed E-state index contributed by atoms with van der Waals surface area (Å²) in [5.41, 5.74) is 1.67. The second-order valence-electron chi connectivity index (χ2n) is 4.05. The van der Waals surface area contributed by atoms with E-state index in [0.29, 0.717) is 11.3 Å². The Balaban J connectivity index is 0.000000211. The van der Waals surface area contributed by atoms with E-state index in [1.54, 1.807) is 19.2 Å². The fourth-order valence-electron chi connectivity index (χ4n) is 1.63. The van der Waals surface area contributed by atoms with E-state index < -0.39 is 0 Å². The van der Waals surface area contributed by atoms with Gasteiger partial charge in [0.2, 0.25) is 0 Å². The summed E-state index contributed by atoms with van der Waals surface area (Å²) in [7, 11) is 1.57. The molecule has 0 saturated heterocycles. The van der Waals surface area contributed by atoms with Crippen molar-refractivity contribution in [1.82, 2.24) is 0 Å². The molecule has 5 heteroatoms. The van der Waals surface area contributed by atoms with E-state index >= 15 is 0 Å². The molecule has 2 N–H and O–H groups in total. The molecule has 0 aliphatic carbocycles. The van der Waals surface area contributed by atoms with Crippen LogP contribution in [0.4, 0.5) is 0 Å². The largest absolute Gasteiger partial charge is 0.504 e. The lowest BCUT2D eigenvalue weighted by Gasteiger charge is -2.04. The minimum absolute atomic E-state index is 0.0833. The van der Waals surface area contributed by atoms with Crippen LogP contribution in [0.3, 0.4) is 0 Å². The van der Waals surface area contributed by atoms with E-state index in [2.05, 4.69) is 6.07 Å². The summed E-state index contributed by atoms with van der Waals surface area (Å²) in [5.74, 6) is 0.0547. The summed E-state index contributed by atoms with van der Waals surface area (Å²) < 4.78 is 5.04. The fraction of sp³-hybridized carbons (Fsp3) is 0.125. The second kappa shape index (κ2) is 7.42. The number of rotatable bonds is 1. The highest BCUT2D eigenvalue weighted by molar-refractivity contribution is 5.50. The maximum absolute atomic E-state index is 8.93. The van der Waals surface area contributed by atoms with E-state index in [-0.39, 0.29) is 17.1 Å². The third kappa shape index (κ3) is 3.89. The first kappa shape index (κ1) is 15.9. The standard InChI is InChI=1S/C9H9NO.C7H5NO2/c1-7-4-3-5-8(6-10)9(7)11-2;8-4-5-2-1-3-6(9)7(5)10/h3-5H,1-2H3;1-3,9-10H. The van der Waals surface area contributed by atoms with Gasteiger partial charge < -0.3 is 14.9 Å². The van der Waals surface area contributed by atoms with Crippen LogP contribution in [0.5, 0.6) is 17.2 Å². The van der Waals surface area contributed by atoms with Gasteiger partial charge in [0.15, 0.2) is 11.5 Å². The van der Waals surface area contributed by atoms with Gasteiger partial charge in [0.25, 0.3) is 0 Å². The lowest BCUT2D eigenvalue weighted by molar-refractivity contribution is 0.402. The number of hydrogen-bond donors (Lipinski definition) is 2. The molecular formula is C16H14N2O3. The van der Waals surface area contributed by atoms with Crippen molar-refractivity contribution in [3.05, 3.63) is 53.1 Å². The van der Waals surface area contributed by atoms with E-state index in [4.69, 9.17) is 25.5 Å². The Hall–Kier alpha value is -3.18. The molecule has 106 valence electrons.